The van der Waals surface area contributed by atoms with Crippen LogP contribution in [0.1, 0.15) is 85.0 Å². The van der Waals surface area contributed by atoms with Crippen molar-refractivity contribution >= 4 is 5.97 Å². The second-order valence-electron chi connectivity index (χ2n) is 11.6. The fourth-order valence-electron chi connectivity index (χ4n) is 8.86. The molecule has 0 aromatic carbocycles. The van der Waals surface area contributed by atoms with Gasteiger partial charge in [0.15, 0.2) is 0 Å². The van der Waals surface area contributed by atoms with E-state index in [1.807, 2.05) is 0 Å². The molecule has 0 unspecified atom stereocenters. The molecule has 0 radical (unpaired) electrons. The van der Waals surface area contributed by atoms with Gasteiger partial charge in [0.05, 0.1) is 13.2 Å². The molecule has 0 aromatic heterocycles. The van der Waals surface area contributed by atoms with Gasteiger partial charge < -0.3 is 15.6 Å². The lowest BCUT2D eigenvalue weighted by Gasteiger charge is -2.62. The van der Waals surface area contributed by atoms with E-state index in [9.17, 15) is 9.90 Å². The van der Waals surface area contributed by atoms with Gasteiger partial charge in [0.25, 0.3) is 0 Å². The maximum absolute atomic E-state index is 11.7. The Hall–Kier alpha value is -0.610. The lowest BCUT2D eigenvalue weighted by atomic mass is 9.43. The second kappa shape index (κ2) is 7.82. The number of aliphatic hydroxyl groups is 1. The predicted molar refractivity (Wildman–Crippen MR) is 115 cm³/mol. The minimum Gasteiger partial charge on any atom is -0.469 e. The molecule has 4 aliphatic rings. The molecule has 29 heavy (non-hydrogen) atoms. The number of carbonyl (C=O) groups excluding carboxylic acids is 1. The van der Waals surface area contributed by atoms with Crippen molar-refractivity contribution in [2.24, 2.45) is 52.1 Å². The van der Waals surface area contributed by atoms with Crippen molar-refractivity contribution < 1.29 is 14.6 Å². The largest absolute Gasteiger partial charge is 0.469 e. The first kappa shape index (κ1) is 21.6. The van der Waals surface area contributed by atoms with Gasteiger partial charge >= 0.3 is 5.97 Å². The smallest absolute Gasteiger partial charge is 0.305 e. The highest BCUT2D eigenvalue weighted by molar-refractivity contribution is 5.69. The summed E-state index contributed by atoms with van der Waals surface area (Å²) in [4.78, 5) is 11.7. The van der Waals surface area contributed by atoms with Crippen molar-refractivity contribution in [3.05, 3.63) is 0 Å². The first-order valence-corrected chi connectivity index (χ1v) is 12.2. The number of methoxy groups -OCH3 is 1. The van der Waals surface area contributed by atoms with Gasteiger partial charge in [-0.3, -0.25) is 4.79 Å². The molecule has 0 saturated heterocycles. The Kier molecular flexibility index (Phi) is 5.83. The Morgan fingerprint density at radius 3 is 2.62 bits per heavy atom. The Morgan fingerprint density at radius 1 is 1.14 bits per heavy atom. The normalized spacial score (nSPS) is 50.2. The summed E-state index contributed by atoms with van der Waals surface area (Å²) in [5.41, 5.74) is 6.71. The van der Waals surface area contributed by atoms with Gasteiger partial charge in [-0.05, 0) is 104 Å². The highest BCUT2D eigenvalue weighted by Crippen LogP contribution is 2.68. The molecule has 10 atom stereocenters. The fraction of sp³-hybridized carbons (Fsp3) is 0.960. The average molecular weight is 406 g/mol. The molecule has 4 fully saturated rings. The molecule has 166 valence electrons. The third-order valence-corrected chi connectivity index (χ3v) is 10.6. The first-order chi connectivity index (χ1) is 13.7. The van der Waals surface area contributed by atoms with Gasteiger partial charge in [-0.2, -0.15) is 0 Å². The summed E-state index contributed by atoms with van der Waals surface area (Å²) in [6.45, 7) is 7.21. The van der Waals surface area contributed by atoms with Crippen LogP contribution < -0.4 is 5.73 Å². The minimum atomic E-state index is -0.215. The van der Waals surface area contributed by atoms with E-state index in [0.29, 0.717) is 41.5 Å². The molecule has 0 aliphatic heterocycles. The standard InChI is InChI=1S/C25H43NO3/c1-15(5-10-23(28)29-4)19-8-9-20-18-7-6-16-13-17(26)11-12-24(16,2)21(18)14-22(27)25(19,20)3/h15-22,27H,5-14,26H2,1-4H3/t15-,16-,17-,18+,19-,20+,21+,22+,24+,25-/m1/s1. The molecule has 0 spiro atoms. The van der Waals surface area contributed by atoms with Crippen LogP contribution in [0.15, 0.2) is 0 Å². The van der Waals surface area contributed by atoms with Crippen molar-refractivity contribution in [2.75, 3.05) is 7.11 Å². The van der Waals surface area contributed by atoms with Crippen LogP contribution in [0.2, 0.25) is 0 Å². The molecule has 0 heterocycles. The van der Waals surface area contributed by atoms with E-state index < -0.39 is 0 Å². The third-order valence-electron chi connectivity index (χ3n) is 10.6. The lowest BCUT2D eigenvalue weighted by Crippen LogP contribution is -2.59. The number of fused-ring (bicyclic) bond motifs is 5. The van der Waals surface area contributed by atoms with Crippen molar-refractivity contribution in [1.82, 2.24) is 0 Å². The predicted octanol–water partition coefficient (Wildman–Crippen LogP) is 4.53. The van der Waals surface area contributed by atoms with Crippen LogP contribution in [0.25, 0.3) is 0 Å². The molecule has 4 nitrogen and oxygen atoms in total. The Labute approximate surface area is 177 Å². The molecule has 4 rings (SSSR count). The zero-order valence-electron chi connectivity index (χ0n) is 19.0. The van der Waals surface area contributed by atoms with Crippen LogP contribution in [0.5, 0.6) is 0 Å². The van der Waals surface area contributed by atoms with E-state index in [0.717, 1.165) is 31.1 Å². The van der Waals surface area contributed by atoms with E-state index in [1.54, 1.807) is 0 Å². The molecule has 3 N–H and O–H groups in total. The summed E-state index contributed by atoms with van der Waals surface area (Å²) in [7, 11) is 1.47. The highest BCUT2D eigenvalue weighted by Gasteiger charge is 2.63. The van der Waals surface area contributed by atoms with Crippen molar-refractivity contribution in [2.45, 2.75) is 97.1 Å². The zero-order valence-corrected chi connectivity index (χ0v) is 19.0. The molecular weight excluding hydrogens is 362 g/mol. The number of carbonyl (C=O) groups is 1. The number of nitrogens with two attached hydrogens (primary N) is 1. The Bertz CT molecular complexity index is 623. The molecule has 0 amide bonds. The number of aliphatic hydroxyl groups excluding tert-OH is 1. The maximum atomic E-state index is 11.7. The number of rotatable bonds is 4. The van der Waals surface area contributed by atoms with E-state index >= 15 is 0 Å². The highest BCUT2D eigenvalue weighted by atomic mass is 16.5. The average Bonchev–Trinajstić information content (AvgIpc) is 3.06. The fourth-order valence-corrected chi connectivity index (χ4v) is 8.86. The van der Waals surface area contributed by atoms with Crippen LogP contribution in [-0.4, -0.2) is 30.3 Å². The molecule has 4 heteroatoms. The quantitative estimate of drug-likeness (QED) is 0.674. The van der Waals surface area contributed by atoms with E-state index in [1.165, 1.54) is 45.6 Å². The van der Waals surface area contributed by atoms with Crippen LogP contribution in [-0.2, 0) is 9.53 Å². The van der Waals surface area contributed by atoms with Gasteiger partial charge in [0, 0.05) is 12.5 Å². The summed E-state index contributed by atoms with van der Waals surface area (Å²) < 4.78 is 4.86. The van der Waals surface area contributed by atoms with Crippen molar-refractivity contribution in [3.8, 4) is 0 Å². The third kappa shape index (κ3) is 3.37. The summed E-state index contributed by atoms with van der Waals surface area (Å²) in [5.74, 6) is 3.66. The maximum Gasteiger partial charge on any atom is 0.305 e. The van der Waals surface area contributed by atoms with Crippen LogP contribution in [0, 0.1) is 46.3 Å². The lowest BCUT2D eigenvalue weighted by molar-refractivity contribution is -0.169. The Balaban J connectivity index is 1.53. The van der Waals surface area contributed by atoms with Gasteiger partial charge in [-0.1, -0.05) is 20.8 Å². The van der Waals surface area contributed by atoms with E-state index in [-0.39, 0.29) is 17.5 Å². The van der Waals surface area contributed by atoms with Gasteiger partial charge in [0.2, 0.25) is 0 Å². The number of hydrogen-bond acceptors (Lipinski definition) is 4. The number of esters is 1. The SMILES string of the molecule is COC(=O)CC[C@@H](C)[C@H]1CC[C@H]2[C@@H]3CC[C@@H]4C[C@H](N)CC[C@]4(C)[C@H]3C[C@H](O)[C@]12C. The topological polar surface area (TPSA) is 72.5 Å². The second-order valence-corrected chi connectivity index (χ2v) is 11.6. The van der Waals surface area contributed by atoms with Crippen molar-refractivity contribution in [3.63, 3.8) is 0 Å². The van der Waals surface area contributed by atoms with Crippen LogP contribution in [0.3, 0.4) is 0 Å². The Morgan fingerprint density at radius 2 is 1.90 bits per heavy atom. The van der Waals surface area contributed by atoms with Crippen LogP contribution in [0.4, 0.5) is 0 Å². The van der Waals surface area contributed by atoms with Gasteiger partial charge in [-0.15, -0.1) is 0 Å². The van der Waals surface area contributed by atoms with Gasteiger partial charge in [0.1, 0.15) is 0 Å². The first-order valence-electron chi connectivity index (χ1n) is 12.2. The molecular formula is C25H43NO3. The van der Waals surface area contributed by atoms with Gasteiger partial charge in [-0.25, -0.2) is 0 Å². The molecule has 4 saturated carbocycles. The summed E-state index contributed by atoms with van der Waals surface area (Å²) in [6.07, 6.45) is 10.8. The van der Waals surface area contributed by atoms with E-state index in [4.69, 9.17) is 10.5 Å². The molecule has 0 bridgehead atoms. The minimum absolute atomic E-state index is 0.00493. The van der Waals surface area contributed by atoms with E-state index in [2.05, 4.69) is 20.8 Å². The molecule has 0 aromatic rings. The summed E-state index contributed by atoms with van der Waals surface area (Å²) in [6, 6.07) is 0.384. The summed E-state index contributed by atoms with van der Waals surface area (Å²) in [5, 5.41) is 11.6. The number of ether oxygens (including phenoxy) is 1. The monoisotopic (exact) mass is 405 g/mol. The number of hydrogen-bond donors (Lipinski definition) is 2. The molecule has 4 aliphatic carbocycles. The zero-order chi connectivity index (χ0) is 21.0. The van der Waals surface area contributed by atoms with Crippen LogP contribution >= 0.6 is 0 Å². The summed E-state index contributed by atoms with van der Waals surface area (Å²) >= 11 is 0. The van der Waals surface area contributed by atoms with Crippen molar-refractivity contribution in [1.29, 1.82) is 0 Å².